The summed E-state index contributed by atoms with van der Waals surface area (Å²) in [6, 6.07) is 14.4. The summed E-state index contributed by atoms with van der Waals surface area (Å²) >= 11 is 12.3. The second kappa shape index (κ2) is 41.4. The molecular weight excluding hydrogens is 1260 g/mol. The predicted octanol–water partition coefficient (Wildman–Crippen LogP) is 8.33. The number of carbonyl (C=O) groups is 3. The number of benzene rings is 2. The molecular formula is C58H66Cl2F5N9O17. The van der Waals surface area contributed by atoms with Gasteiger partial charge in [-0.2, -0.15) is 15.2 Å². The Morgan fingerprint density at radius 1 is 0.527 bits per heavy atom. The number of aliphatic hydroxyl groups excluding tert-OH is 1. The maximum atomic E-state index is 14.3. The van der Waals surface area contributed by atoms with Gasteiger partial charge in [0.1, 0.15) is 86.0 Å². The van der Waals surface area contributed by atoms with Gasteiger partial charge in [-0.25, -0.2) is 51.3 Å². The predicted molar refractivity (Wildman–Crippen MR) is 317 cm³/mol. The van der Waals surface area contributed by atoms with Crippen LogP contribution in [0, 0.1) is 29.1 Å². The third-order valence-electron chi connectivity index (χ3n) is 11.3. The molecule has 0 atom stereocenters. The smallest absolute Gasteiger partial charge is 0.359 e. The van der Waals surface area contributed by atoms with E-state index in [0.29, 0.717) is 66.7 Å². The average molecular weight is 1330 g/mol. The van der Waals surface area contributed by atoms with Gasteiger partial charge in [-0.15, -0.1) is 0 Å². The van der Waals surface area contributed by atoms with Crippen molar-refractivity contribution < 1.29 is 104 Å². The number of aliphatic hydroxyl groups is 1. The Morgan fingerprint density at radius 3 is 1.35 bits per heavy atom. The van der Waals surface area contributed by atoms with Gasteiger partial charge in [-0.1, -0.05) is 40.5 Å². The highest BCUT2D eigenvalue weighted by Crippen LogP contribution is 2.35. The number of methoxy groups -OCH3 is 3. The number of hydrogen-bond acceptors (Lipinski definition) is 26. The molecule has 0 fully saturated rings. The third-order valence-corrected chi connectivity index (χ3v) is 12.1. The molecule has 2 N–H and O–H groups in total. The number of aromatic hydroxyl groups is 1. The Balaban J connectivity index is 0.000000306. The van der Waals surface area contributed by atoms with Crippen molar-refractivity contribution in [3.8, 4) is 34.5 Å². The van der Waals surface area contributed by atoms with Gasteiger partial charge in [0.25, 0.3) is 0 Å². The first-order chi connectivity index (χ1) is 43.6. The van der Waals surface area contributed by atoms with Crippen molar-refractivity contribution in [1.29, 1.82) is 0 Å². The van der Waals surface area contributed by atoms with Crippen molar-refractivity contribution in [2.75, 3.05) is 117 Å². The minimum absolute atomic E-state index is 0.0151. The SMILES string of the molecule is COC(=O)c1ncc(O)cc1F.COC(=O)c1ncc(OCCN(C)OC)cc1F.CON(C)CCOc1cnc(CO)c(F)c1.CON(C)CCOc1cnc(COc2cccc3c(Cl)c(Cl)ccc23)c(F)c1.CON=CCOc1cnc(C(=O)OC)c(F)c1. The van der Waals surface area contributed by atoms with Gasteiger partial charge in [0.2, 0.25) is 0 Å². The molecule has 0 spiro atoms. The van der Waals surface area contributed by atoms with Gasteiger partial charge in [0, 0.05) is 62.2 Å². The van der Waals surface area contributed by atoms with Crippen LogP contribution in [0.2, 0.25) is 10.0 Å². The molecule has 0 saturated heterocycles. The molecule has 2 aromatic carbocycles. The van der Waals surface area contributed by atoms with Gasteiger partial charge in [-0.05, 0) is 18.2 Å². The molecule has 0 aliphatic rings. The van der Waals surface area contributed by atoms with E-state index in [1.54, 1.807) is 68.8 Å². The lowest BCUT2D eigenvalue weighted by atomic mass is 10.1. The van der Waals surface area contributed by atoms with Crippen LogP contribution in [0.4, 0.5) is 22.0 Å². The minimum atomic E-state index is -0.901. The lowest BCUT2D eigenvalue weighted by molar-refractivity contribution is -0.113. The Hall–Kier alpha value is -8.92. The van der Waals surface area contributed by atoms with Gasteiger partial charge in [-0.3, -0.25) is 9.97 Å². The van der Waals surface area contributed by atoms with E-state index in [4.69, 9.17) is 71.6 Å². The summed E-state index contributed by atoms with van der Waals surface area (Å²) in [6.07, 6.45) is 7.65. The molecule has 5 heterocycles. The number of ether oxygens (including phenoxy) is 8. The van der Waals surface area contributed by atoms with E-state index in [1.807, 2.05) is 12.1 Å². The quantitative estimate of drug-likeness (QED) is 0.0169. The number of fused-ring (bicyclic) bond motifs is 1. The van der Waals surface area contributed by atoms with E-state index >= 15 is 0 Å². The summed E-state index contributed by atoms with van der Waals surface area (Å²) in [4.78, 5) is 70.4. The first kappa shape index (κ1) is 76.3. The van der Waals surface area contributed by atoms with E-state index in [1.165, 1.54) is 57.4 Å². The van der Waals surface area contributed by atoms with Crippen LogP contribution in [-0.4, -0.2) is 191 Å². The van der Waals surface area contributed by atoms with Gasteiger partial charge in [0.05, 0.1) is 116 Å². The number of esters is 3. The van der Waals surface area contributed by atoms with Crippen LogP contribution in [0.25, 0.3) is 10.8 Å². The first-order valence-electron chi connectivity index (χ1n) is 26.2. The van der Waals surface area contributed by atoms with Crippen LogP contribution < -0.4 is 23.7 Å². The summed E-state index contributed by atoms with van der Waals surface area (Å²) in [5.74, 6) is -4.75. The molecule has 0 bridgehead atoms. The van der Waals surface area contributed by atoms with Crippen LogP contribution >= 0.6 is 23.2 Å². The number of carbonyl (C=O) groups excluding carboxylic acids is 3. The number of aromatic nitrogens is 5. The third kappa shape index (κ3) is 26.6. The topological polar surface area (TPSA) is 289 Å². The zero-order valence-corrected chi connectivity index (χ0v) is 52.3. The van der Waals surface area contributed by atoms with Crippen molar-refractivity contribution in [1.82, 2.24) is 40.1 Å². The molecule has 0 saturated carbocycles. The lowest BCUT2D eigenvalue weighted by Gasteiger charge is -2.14. The summed E-state index contributed by atoms with van der Waals surface area (Å²) in [5, 5.41) is 28.1. The molecule has 494 valence electrons. The maximum absolute atomic E-state index is 14.3. The largest absolute Gasteiger partial charge is 0.506 e. The van der Waals surface area contributed by atoms with E-state index in [0.717, 1.165) is 56.5 Å². The average Bonchev–Trinajstić information content (AvgIpc) is 1.14. The van der Waals surface area contributed by atoms with E-state index in [2.05, 4.69) is 49.1 Å². The van der Waals surface area contributed by atoms with Gasteiger partial charge >= 0.3 is 17.9 Å². The highest BCUT2D eigenvalue weighted by Gasteiger charge is 2.18. The molecule has 0 radical (unpaired) electrons. The van der Waals surface area contributed by atoms with Crippen LogP contribution in [0.15, 0.2) is 96.8 Å². The number of oxime groups is 1. The highest BCUT2D eigenvalue weighted by atomic mass is 35.5. The zero-order chi connectivity index (χ0) is 67.4. The second-order valence-corrected chi connectivity index (χ2v) is 18.1. The summed E-state index contributed by atoms with van der Waals surface area (Å²) in [6.45, 7) is 2.28. The van der Waals surface area contributed by atoms with Crippen molar-refractivity contribution >= 4 is 58.1 Å². The zero-order valence-electron chi connectivity index (χ0n) is 50.8. The second-order valence-electron chi connectivity index (χ2n) is 17.3. The first-order valence-corrected chi connectivity index (χ1v) is 27.0. The number of nitrogens with zero attached hydrogens (tertiary/aromatic N) is 9. The van der Waals surface area contributed by atoms with E-state index in [-0.39, 0.29) is 53.2 Å². The highest BCUT2D eigenvalue weighted by molar-refractivity contribution is 6.45. The Morgan fingerprint density at radius 2 is 0.945 bits per heavy atom. The molecule has 7 aromatic rings. The summed E-state index contributed by atoms with van der Waals surface area (Å²) in [5.41, 5.74) is -0.987. The molecule has 33 heteroatoms. The number of likely N-dealkylation sites (N-methyl/N-ethyl adjacent to an activating group) is 3. The van der Waals surface area contributed by atoms with E-state index in [9.17, 15) is 36.3 Å². The van der Waals surface area contributed by atoms with Crippen LogP contribution in [-0.2, 0) is 46.8 Å². The normalized spacial score (nSPS) is 10.6. The van der Waals surface area contributed by atoms with Crippen molar-refractivity contribution in [3.63, 3.8) is 0 Å². The fourth-order valence-corrected chi connectivity index (χ4v) is 6.76. The van der Waals surface area contributed by atoms with Gasteiger partial charge in [0.15, 0.2) is 46.2 Å². The molecule has 5 aromatic heterocycles. The number of halogens is 7. The molecule has 0 aliphatic heterocycles. The number of pyridine rings is 5. The number of hydrogen-bond donors (Lipinski definition) is 2. The Bertz CT molecular complexity index is 3450. The van der Waals surface area contributed by atoms with Crippen LogP contribution in [0.5, 0.6) is 34.5 Å². The van der Waals surface area contributed by atoms with Crippen molar-refractivity contribution in [2.45, 2.75) is 13.2 Å². The molecule has 0 amide bonds. The number of rotatable bonds is 26. The van der Waals surface area contributed by atoms with Crippen molar-refractivity contribution in [3.05, 3.63) is 159 Å². The molecule has 26 nitrogen and oxygen atoms in total. The Labute approximate surface area is 529 Å². The van der Waals surface area contributed by atoms with Gasteiger partial charge < -0.3 is 67.5 Å². The monoisotopic (exact) mass is 1330 g/mol. The van der Waals surface area contributed by atoms with E-state index < -0.39 is 59.3 Å². The molecule has 0 aliphatic carbocycles. The fraction of sp³-hybridized carbons (Fsp3) is 0.328. The Kier molecular flexibility index (Phi) is 34.7. The van der Waals surface area contributed by atoms with Crippen LogP contribution in [0.3, 0.4) is 0 Å². The molecule has 91 heavy (non-hydrogen) atoms. The summed E-state index contributed by atoms with van der Waals surface area (Å²) in [7, 11) is 14.7. The lowest BCUT2D eigenvalue weighted by Crippen LogP contribution is -2.23. The fourth-order valence-electron chi connectivity index (χ4n) is 6.37. The summed E-state index contributed by atoms with van der Waals surface area (Å²) < 4.78 is 107. The van der Waals surface area contributed by atoms with Crippen LogP contribution in [0.1, 0.15) is 42.9 Å². The number of hydroxylamine groups is 6. The maximum Gasteiger partial charge on any atom is 0.359 e. The molecule has 7 rings (SSSR count). The van der Waals surface area contributed by atoms with Crippen molar-refractivity contribution in [2.24, 2.45) is 5.16 Å². The minimum Gasteiger partial charge on any atom is -0.506 e. The standard InChI is InChI=1S/C20H19Cl2FN2O3.C11H15FN2O4.C10H11FN2O4.C10H15FN2O3.C7H6FNO3/c1-25(26-2)8-9-27-13-10-17(23)18(24-11-13)12-28-19-5-3-4-15-14(19)6-7-16(21)20(15)22;1-14(17-3)4-5-18-8-6-9(12)10(13-7-8)11(15)16-2;1-15-10(14)9-8(11)5-7(6-12-9)17-4-3-13-16-2;1-13(15-2)3-4-16-8-5-9(11)10(7-14)12-6-8;1-12-7(11)6-5(8)2-4(10)3-9-6/h3-7,10-11H,8-9,12H2,1-2H3;6-7H,4-5H2,1-3H3;3,5-6H,4H2,1-2H3;5-6,14H,3-4,7H2,1-2H3;2-3,10H,1H3. The molecule has 0 unspecified atom stereocenters.